The molecular weight excluding hydrogens is 1730 g/mol. The SMILES string of the molecule is COCC(C)n1nc(-c2ccc(CNC(=O)c3ccccc3C)cc2)c(C(N)=O)c1N.Cc1ccc(F)cc1C(=O)NCc1ccc(-c2nn(C3CCOCC3)c(N)c2C(N)=O)c(F)c1F.Cc1ccccc1C(=O)NCc1ccc(-c2nn(C3CCOCC3)c(N)c2C(N)=O)c(F)c1F.Cc1ccccc1C(=O)NCc1ccc(-c2nn(C3CNCC3(F)F)c(N)c2C(N)=O)cc1. The predicted molar refractivity (Wildman–Crippen MR) is 483 cm³/mol. The molecule has 8 amide bonds. The lowest BCUT2D eigenvalue weighted by molar-refractivity contribution is -0.0188. The van der Waals surface area contributed by atoms with Crippen molar-refractivity contribution in [2.24, 2.45) is 22.9 Å². The fourth-order valence-corrected chi connectivity index (χ4v) is 15.5. The van der Waals surface area contributed by atoms with Gasteiger partial charge in [-0.1, -0.05) is 121 Å². The van der Waals surface area contributed by atoms with E-state index in [0.29, 0.717) is 104 Å². The Morgan fingerprint density at radius 2 is 0.797 bits per heavy atom. The highest BCUT2D eigenvalue weighted by atomic mass is 19.3. The summed E-state index contributed by atoms with van der Waals surface area (Å²) < 4.78 is 123. The molecule has 12 aromatic rings. The number of nitrogen functional groups attached to an aromatic ring is 4. The van der Waals surface area contributed by atoms with E-state index in [1.165, 1.54) is 45.8 Å². The number of hydrogen-bond donors (Lipinski definition) is 13. The molecule has 3 aliphatic rings. The molecule has 0 aliphatic carbocycles. The zero-order chi connectivity index (χ0) is 96.0. The Balaban J connectivity index is 0.000000160. The van der Waals surface area contributed by atoms with E-state index in [0.717, 1.165) is 38.6 Å². The van der Waals surface area contributed by atoms with E-state index in [1.54, 1.807) is 92.4 Å². The molecule has 3 fully saturated rings. The molecule has 15 rings (SSSR count). The summed E-state index contributed by atoms with van der Waals surface area (Å²) in [4.78, 5) is 97.9. The second-order valence-electron chi connectivity index (χ2n) is 31.9. The smallest absolute Gasteiger partial charge is 0.283 e. The van der Waals surface area contributed by atoms with Crippen LogP contribution in [-0.4, -0.2) is 146 Å². The third-order valence-corrected chi connectivity index (χ3v) is 22.8. The van der Waals surface area contributed by atoms with Crippen molar-refractivity contribution >= 4 is 70.5 Å². The lowest BCUT2D eigenvalue weighted by Gasteiger charge is -2.23. The van der Waals surface area contributed by atoms with E-state index in [1.807, 2.05) is 75.4 Å². The van der Waals surface area contributed by atoms with Gasteiger partial charge >= 0.3 is 0 Å². The molecule has 8 aromatic carbocycles. The number of methoxy groups -OCH3 is 1. The summed E-state index contributed by atoms with van der Waals surface area (Å²) in [6.07, 6.45) is 2.40. The average molecular weight is 1830 g/mol. The average Bonchev–Trinajstić information content (AvgIpc) is 1.67. The standard InChI is InChI=1S/C24H24F3N5O3.C24H25F2N5O3.C23H24F2N6O2.C23H27N5O3/c1-12-2-4-14(25)10-17(12)24(34)30-11-13-3-5-16(20(27)19(13)26)21-18(23(29)33)22(28)32(31-21)15-6-8-35-9-7-15;1-13-4-2-3-5-16(13)24(33)29-12-14-6-7-17(20(26)19(14)25)21-18(23(28)32)22(27)31(30-21)15-8-10-34-11-9-15;1-13-4-2-3-5-16(13)22(33)29-10-14-6-8-15(9-7-14)19-18(21(27)32)20(26)31(30-19)17-11-28-12-23(17,24)25;1-14-6-4-5-7-18(14)23(30)26-12-16-8-10-17(11-9-16)20-19(22(25)29)21(24)28(27-20)15(2)13-31-3/h2-5,10,15H,6-9,11,28H2,1H3,(H2,29,33)(H,30,34);2-7,15H,8-12,27H2,1H3,(H2,28,32)(H,29,33);2-9,17,28H,10-12,26H2,1H3,(H2,27,32)(H,29,33);4-11,15H,12-13,24H2,1-3H3,(H2,25,29)(H,26,30). The molecule has 0 radical (unpaired) electrons. The third kappa shape index (κ3) is 22.0. The highest BCUT2D eigenvalue weighted by molar-refractivity contribution is 6.06. The second-order valence-corrected chi connectivity index (χ2v) is 31.9. The van der Waals surface area contributed by atoms with Crippen molar-refractivity contribution in [2.45, 2.75) is 117 Å². The van der Waals surface area contributed by atoms with Crippen LogP contribution in [-0.2, 0) is 40.4 Å². The van der Waals surface area contributed by atoms with Gasteiger partial charge in [-0.2, -0.15) is 20.4 Å². The van der Waals surface area contributed by atoms with Crippen LogP contribution < -0.4 is 72.5 Å². The van der Waals surface area contributed by atoms with Crippen molar-refractivity contribution in [1.82, 2.24) is 65.7 Å². The van der Waals surface area contributed by atoms with Crippen LogP contribution >= 0.6 is 0 Å². The number of alkyl halides is 2. The number of primary amides is 4. The number of nitrogens with zero attached hydrogens (tertiary/aromatic N) is 8. The van der Waals surface area contributed by atoms with Gasteiger partial charge in [0.15, 0.2) is 23.3 Å². The van der Waals surface area contributed by atoms with Crippen LogP contribution in [0.4, 0.5) is 54.0 Å². The van der Waals surface area contributed by atoms with Crippen molar-refractivity contribution in [1.29, 1.82) is 0 Å². The number of benzene rings is 8. The Labute approximate surface area is 758 Å². The van der Waals surface area contributed by atoms with Crippen molar-refractivity contribution in [3.63, 3.8) is 0 Å². The van der Waals surface area contributed by atoms with Crippen molar-refractivity contribution in [2.75, 3.05) is 76.2 Å². The number of nitrogens with one attached hydrogen (secondary N) is 5. The van der Waals surface area contributed by atoms with Gasteiger partial charge in [0.05, 0.1) is 31.3 Å². The van der Waals surface area contributed by atoms with Gasteiger partial charge in [-0.25, -0.2) is 49.5 Å². The number of nitrogens with two attached hydrogens (primary N) is 8. The van der Waals surface area contributed by atoms with Gasteiger partial charge in [-0.05, 0) is 136 Å². The first-order valence-electron chi connectivity index (χ1n) is 42.1. The summed E-state index contributed by atoms with van der Waals surface area (Å²) in [5.74, 6) is -13.2. The molecule has 133 heavy (non-hydrogen) atoms. The first kappa shape index (κ1) is 97.0. The van der Waals surface area contributed by atoms with Gasteiger partial charge < -0.3 is 86.7 Å². The zero-order valence-electron chi connectivity index (χ0n) is 73.3. The molecule has 32 nitrogen and oxygen atoms in total. The molecule has 4 aromatic heterocycles. The molecule has 2 unspecified atom stereocenters. The third-order valence-electron chi connectivity index (χ3n) is 22.8. The van der Waals surface area contributed by atoms with Crippen molar-refractivity contribution < 1.29 is 83.3 Å². The highest BCUT2D eigenvalue weighted by Gasteiger charge is 2.47. The lowest BCUT2D eigenvalue weighted by Crippen LogP contribution is -2.31. The van der Waals surface area contributed by atoms with E-state index in [-0.39, 0.29) is 147 Å². The number of anilines is 4. The number of ether oxygens (including phenoxy) is 3. The molecule has 2 atom stereocenters. The van der Waals surface area contributed by atoms with Gasteiger partial charge in [0.2, 0.25) is 0 Å². The van der Waals surface area contributed by atoms with Crippen molar-refractivity contribution in [3.8, 4) is 45.0 Å². The topological polar surface area (TPSA) is 504 Å². The van der Waals surface area contributed by atoms with Crippen LogP contribution in [0.5, 0.6) is 0 Å². The quantitative estimate of drug-likeness (QED) is 0.0224. The van der Waals surface area contributed by atoms with Gasteiger partial charge in [0, 0.05) is 122 Å². The summed E-state index contributed by atoms with van der Waals surface area (Å²) in [5, 5.41) is 30.9. The van der Waals surface area contributed by atoms with Crippen LogP contribution in [0.3, 0.4) is 0 Å². The molecule has 21 N–H and O–H groups in total. The lowest BCUT2D eigenvalue weighted by atomic mass is 10.0. The maximum Gasteiger partial charge on any atom is 0.283 e. The van der Waals surface area contributed by atoms with E-state index < -0.39 is 83.0 Å². The Bertz CT molecular complexity index is 6360. The number of aromatic nitrogens is 8. The Kier molecular flexibility index (Phi) is 31.1. The van der Waals surface area contributed by atoms with Crippen LogP contribution in [0.15, 0.2) is 164 Å². The van der Waals surface area contributed by atoms with E-state index in [2.05, 4.69) is 47.0 Å². The molecule has 7 heterocycles. The van der Waals surface area contributed by atoms with E-state index in [9.17, 15) is 60.3 Å². The number of carbonyl (C=O) groups is 8. The van der Waals surface area contributed by atoms with Gasteiger partial charge in [-0.3, -0.25) is 38.4 Å². The molecule has 0 saturated carbocycles. The maximum absolute atomic E-state index is 15.1. The zero-order valence-corrected chi connectivity index (χ0v) is 73.3. The van der Waals surface area contributed by atoms with Crippen LogP contribution in [0.25, 0.3) is 45.0 Å². The fraction of sp³-hybridized carbons (Fsp3) is 0.277. The number of aryl methyl sites for hydroxylation is 4. The second kappa shape index (κ2) is 42.6. The van der Waals surface area contributed by atoms with Crippen LogP contribution in [0.2, 0.25) is 0 Å². The van der Waals surface area contributed by atoms with Gasteiger partial charge in [0.25, 0.3) is 53.2 Å². The monoisotopic (exact) mass is 1830 g/mol. The number of hydrogen-bond acceptors (Lipinski definition) is 20. The summed E-state index contributed by atoms with van der Waals surface area (Å²) in [6, 6.07) is 43.0. The largest absolute Gasteiger partial charge is 0.383 e. The molecule has 0 spiro atoms. The van der Waals surface area contributed by atoms with Crippen LogP contribution in [0, 0.1) is 56.8 Å². The maximum atomic E-state index is 15.1. The Hall–Kier alpha value is -15.1. The normalized spacial score (nSPS) is 14.4. The van der Waals surface area contributed by atoms with E-state index >= 15 is 8.78 Å². The fourth-order valence-electron chi connectivity index (χ4n) is 15.5. The first-order chi connectivity index (χ1) is 63.5. The number of amides is 8. The summed E-state index contributed by atoms with van der Waals surface area (Å²) in [5.41, 5.74) is 53.5. The molecular formula is C94H100F7N21O11. The molecule has 696 valence electrons. The Morgan fingerprint density at radius 3 is 1.18 bits per heavy atom. The summed E-state index contributed by atoms with van der Waals surface area (Å²) in [7, 11) is 1.59. The van der Waals surface area contributed by atoms with Crippen LogP contribution in [0.1, 0.15) is 184 Å². The van der Waals surface area contributed by atoms with E-state index in [4.69, 9.17) is 60.1 Å². The first-order valence-corrected chi connectivity index (χ1v) is 42.1. The molecule has 0 bridgehead atoms. The summed E-state index contributed by atoms with van der Waals surface area (Å²) >= 11 is 0. The van der Waals surface area contributed by atoms with Gasteiger partial charge in [0.1, 0.15) is 80.2 Å². The number of carbonyl (C=O) groups excluding carboxylic acids is 8. The molecule has 39 heteroatoms. The molecule has 3 saturated heterocycles. The number of rotatable bonds is 26. The minimum absolute atomic E-state index is 0.00350. The molecule has 3 aliphatic heterocycles. The highest BCUT2D eigenvalue weighted by Crippen LogP contribution is 2.41. The Morgan fingerprint density at radius 1 is 0.444 bits per heavy atom. The van der Waals surface area contributed by atoms with Crippen molar-refractivity contribution in [3.05, 3.63) is 282 Å². The minimum atomic E-state index is -3.06. The summed E-state index contributed by atoms with van der Waals surface area (Å²) in [6.45, 7) is 11.0. The predicted octanol–water partition coefficient (Wildman–Crippen LogP) is 11.3. The minimum Gasteiger partial charge on any atom is -0.383 e. The number of halogens is 7. The van der Waals surface area contributed by atoms with Gasteiger partial charge in [-0.15, -0.1) is 0 Å².